The van der Waals surface area contributed by atoms with E-state index in [1.165, 1.54) is 0 Å². The minimum absolute atomic E-state index is 0.316. The normalized spacial score (nSPS) is 11.3. The number of nitrogens with one attached hydrogen (secondary N) is 2. The van der Waals surface area contributed by atoms with E-state index in [0.29, 0.717) is 11.3 Å². The van der Waals surface area contributed by atoms with Gasteiger partial charge < -0.3 is 9.72 Å². The van der Waals surface area contributed by atoms with Gasteiger partial charge >= 0.3 is 0 Å². The summed E-state index contributed by atoms with van der Waals surface area (Å²) in [6, 6.07) is 19.4. The molecule has 0 aliphatic carbocycles. The van der Waals surface area contributed by atoms with Crippen LogP contribution < -0.4 is 10.2 Å². The number of ether oxygens (including phenoxy) is 1. The molecule has 1 amide bonds. The van der Waals surface area contributed by atoms with Crippen molar-refractivity contribution in [3.8, 4) is 5.75 Å². The number of hydrazone groups is 1. The molecular formula is C21H17N3O2. The minimum atomic E-state index is -0.316. The monoisotopic (exact) mass is 343 g/mol. The molecule has 0 unspecified atom stereocenters. The number of aromatic amines is 1. The lowest BCUT2D eigenvalue weighted by molar-refractivity contribution is 0.0952. The SMILES string of the molecule is COc1cc2ccccc2cc1C(=O)N/N=C/c1c[nH]c2ccccc12. The highest BCUT2D eigenvalue weighted by molar-refractivity contribution is 6.03. The first kappa shape index (κ1) is 15.9. The number of fused-ring (bicyclic) bond motifs is 2. The molecule has 0 saturated carbocycles. The number of aromatic nitrogens is 1. The molecule has 2 N–H and O–H groups in total. The Balaban J connectivity index is 1.59. The van der Waals surface area contributed by atoms with E-state index in [9.17, 15) is 4.79 Å². The fourth-order valence-electron chi connectivity index (χ4n) is 2.99. The van der Waals surface area contributed by atoms with Gasteiger partial charge in [0, 0.05) is 22.7 Å². The zero-order valence-electron chi connectivity index (χ0n) is 14.2. The Kier molecular flexibility index (Phi) is 4.11. The molecule has 5 heteroatoms. The predicted molar refractivity (Wildman–Crippen MR) is 104 cm³/mol. The number of methoxy groups -OCH3 is 1. The number of hydrogen-bond donors (Lipinski definition) is 2. The Hall–Kier alpha value is -3.60. The van der Waals surface area contributed by atoms with Gasteiger partial charge in [-0.3, -0.25) is 4.79 Å². The van der Waals surface area contributed by atoms with Crippen molar-refractivity contribution in [3.63, 3.8) is 0 Å². The van der Waals surface area contributed by atoms with Gasteiger partial charge in [0.05, 0.1) is 18.9 Å². The molecule has 0 aliphatic rings. The zero-order chi connectivity index (χ0) is 17.9. The van der Waals surface area contributed by atoms with E-state index in [2.05, 4.69) is 15.5 Å². The van der Waals surface area contributed by atoms with Crippen LogP contribution in [0.2, 0.25) is 0 Å². The average molecular weight is 343 g/mol. The number of benzene rings is 3. The molecule has 0 spiro atoms. The van der Waals surface area contributed by atoms with Gasteiger partial charge in [-0.25, -0.2) is 5.43 Å². The highest BCUT2D eigenvalue weighted by atomic mass is 16.5. The lowest BCUT2D eigenvalue weighted by atomic mass is 10.1. The molecule has 1 aromatic heterocycles. The summed E-state index contributed by atoms with van der Waals surface area (Å²) in [6.07, 6.45) is 3.49. The molecule has 0 fully saturated rings. The van der Waals surface area contributed by atoms with Crippen LogP contribution in [0, 0.1) is 0 Å². The van der Waals surface area contributed by atoms with Gasteiger partial charge in [0.15, 0.2) is 0 Å². The van der Waals surface area contributed by atoms with Crippen LogP contribution in [0.25, 0.3) is 21.7 Å². The molecule has 0 aliphatic heterocycles. The molecule has 26 heavy (non-hydrogen) atoms. The second-order valence-electron chi connectivity index (χ2n) is 5.89. The number of nitrogens with zero attached hydrogens (tertiary/aromatic N) is 1. The summed E-state index contributed by atoms with van der Waals surface area (Å²) in [7, 11) is 1.55. The molecule has 1 heterocycles. The summed E-state index contributed by atoms with van der Waals surface area (Å²) < 4.78 is 5.37. The van der Waals surface area contributed by atoms with Crippen LogP contribution in [-0.2, 0) is 0 Å². The highest BCUT2D eigenvalue weighted by Crippen LogP contribution is 2.25. The first-order valence-electron chi connectivity index (χ1n) is 8.22. The minimum Gasteiger partial charge on any atom is -0.496 e. The zero-order valence-corrected chi connectivity index (χ0v) is 14.2. The summed E-state index contributed by atoms with van der Waals surface area (Å²) in [5.74, 6) is 0.201. The third-order valence-corrected chi connectivity index (χ3v) is 4.30. The van der Waals surface area contributed by atoms with E-state index >= 15 is 0 Å². The molecule has 0 saturated heterocycles. The summed E-state index contributed by atoms with van der Waals surface area (Å²) >= 11 is 0. The van der Waals surface area contributed by atoms with Crippen molar-refractivity contribution >= 4 is 33.8 Å². The summed E-state index contributed by atoms with van der Waals surface area (Å²) in [5, 5.41) is 7.13. The first-order valence-corrected chi connectivity index (χ1v) is 8.22. The van der Waals surface area contributed by atoms with Gasteiger partial charge in [-0.1, -0.05) is 42.5 Å². The third-order valence-electron chi connectivity index (χ3n) is 4.30. The van der Waals surface area contributed by atoms with E-state index in [-0.39, 0.29) is 5.91 Å². The fourth-order valence-corrected chi connectivity index (χ4v) is 2.99. The summed E-state index contributed by atoms with van der Waals surface area (Å²) in [4.78, 5) is 15.7. The van der Waals surface area contributed by atoms with Crippen molar-refractivity contribution in [2.45, 2.75) is 0 Å². The van der Waals surface area contributed by atoms with Gasteiger partial charge in [0.25, 0.3) is 5.91 Å². The van der Waals surface area contributed by atoms with Gasteiger partial charge in [-0.15, -0.1) is 0 Å². The van der Waals surface area contributed by atoms with E-state index in [0.717, 1.165) is 27.2 Å². The smallest absolute Gasteiger partial charge is 0.275 e. The van der Waals surface area contributed by atoms with E-state index < -0.39 is 0 Å². The second-order valence-corrected chi connectivity index (χ2v) is 5.89. The van der Waals surface area contributed by atoms with Crippen LogP contribution in [0.15, 0.2) is 72.0 Å². The van der Waals surface area contributed by atoms with E-state index in [1.807, 2.05) is 66.9 Å². The first-order chi connectivity index (χ1) is 12.8. The molecule has 0 atom stereocenters. The highest BCUT2D eigenvalue weighted by Gasteiger charge is 2.13. The lowest BCUT2D eigenvalue weighted by Crippen LogP contribution is -2.18. The maximum absolute atomic E-state index is 12.5. The number of amides is 1. The topological polar surface area (TPSA) is 66.5 Å². The maximum atomic E-state index is 12.5. The third kappa shape index (κ3) is 2.91. The molecule has 3 aromatic carbocycles. The number of carbonyl (C=O) groups is 1. The van der Waals surface area contributed by atoms with Crippen molar-refractivity contribution < 1.29 is 9.53 Å². The van der Waals surface area contributed by atoms with Crippen molar-refractivity contribution in [2.24, 2.45) is 5.10 Å². The van der Waals surface area contributed by atoms with Crippen LogP contribution in [0.3, 0.4) is 0 Å². The van der Waals surface area contributed by atoms with E-state index in [1.54, 1.807) is 13.3 Å². The number of H-pyrrole nitrogens is 1. The van der Waals surface area contributed by atoms with Crippen LogP contribution >= 0.6 is 0 Å². The molecule has 128 valence electrons. The Labute approximate surface area is 150 Å². The largest absolute Gasteiger partial charge is 0.496 e. The molecule has 0 radical (unpaired) electrons. The van der Waals surface area contributed by atoms with Crippen molar-refractivity contribution in [2.75, 3.05) is 7.11 Å². The Morgan fingerprint density at radius 2 is 1.81 bits per heavy atom. The molecule has 5 nitrogen and oxygen atoms in total. The predicted octanol–water partition coefficient (Wildman–Crippen LogP) is 4.09. The van der Waals surface area contributed by atoms with Gasteiger partial charge in [-0.05, 0) is 29.0 Å². The molecule has 4 aromatic rings. The van der Waals surface area contributed by atoms with Crippen molar-refractivity contribution in [1.82, 2.24) is 10.4 Å². The molecular weight excluding hydrogens is 326 g/mol. The Morgan fingerprint density at radius 3 is 2.62 bits per heavy atom. The summed E-state index contributed by atoms with van der Waals surface area (Å²) in [5.41, 5.74) is 4.96. The standard InChI is InChI=1S/C21H17N3O2/c1-26-20-11-15-7-3-2-6-14(15)10-18(20)21(25)24-23-13-16-12-22-19-9-5-4-8-17(16)19/h2-13,22H,1H3,(H,24,25)/b23-13+. The Bertz CT molecular complexity index is 1130. The van der Waals surface area contributed by atoms with E-state index in [4.69, 9.17) is 4.74 Å². The van der Waals surface area contributed by atoms with Gasteiger partial charge in [0.2, 0.25) is 0 Å². The average Bonchev–Trinajstić information content (AvgIpc) is 3.10. The van der Waals surface area contributed by atoms with Crippen molar-refractivity contribution in [3.05, 3.63) is 78.0 Å². The number of rotatable bonds is 4. The Morgan fingerprint density at radius 1 is 1.08 bits per heavy atom. The summed E-state index contributed by atoms with van der Waals surface area (Å²) in [6.45, 7) is 0. The van der Waals surface area contributed by atoms with Crippen LogP contribution in [0.5, 0.6) is 5.75 Å². The maximum Gasteiger partial charge on any atom is 0.275 e. The quantitative estimate of drug-likeness (QED) is 0.433. The number of para-hydroxylation sites is 1. The van der Waals surface area contributed by atoms with Crippen LogP contribution in [0.1, 0.15) is 15.9 Å². The van der Waals surface area contributed by atoms with Gasteiger partial charge in [0.1, 0.15) is 5.75 Å². The molecule has 0 bridgehead atoms. The van der Waals surface area contributed by atoms with Crippen LogP contribution in [0.4, 0.5) is 0 Å². The fraction of sp³-hybridized carbons (Fsp3) is 0.0476. The van der Waals surface area contributed by atoms with Gasteiger partial charge in [-0.2, -0.15) is 5.10 Å². The second kappa shape index (κ2) is 6.72. The number of hydrogen-bond acceptors (Lipinski definition) is 3. The van der Waals surface area contributed by atoms with Crippen LogP contribution in [-0.4, -0.2) is 24.2 Å². The lowest BCUT2D eigenvalue weighted by Gasteiger charge is -2.09. The number of carbonyl (C=O) groups excluding carboxylic acids is 1. The molecule has 4 rings (SSSR count). The van der Waals surface area contributed by atoms with Crippen molar-refractivity contribution in [1.29, 1.82) is 0 Å².